The van der Waals surface area contributed by atoms with Crippen molar-refractivity contribution in [1.82, 2.24) is 14.8 Å². The second-order valence-electron chi connectivity index (χ2n) is 5.14. The first-order valence-electron chi connectivity index (χ1n) is 7.38. The number of carboxylic acids is 1. The maximum absolute atomic E-state index is 10.6. The Kier molecular flexibility index (Phi) is 5.25. The average molecular weight is 375 g/mol. The van der Waals surface area contributed by atoms with E-state index in [0.29, 0.717) is 21.8 Å². The molecule has 2 aromatic carbocycles. The summed E-state index contributed by atoms with van der Waals surface area (Å²) in [4.78, 5) is 10.6. The molecule has 0 atom stereocenters. The Morgan fingerprint density at radius 1 is 1.20 bits per heavy atom. The monoisotopic (exact) mass is 374 g/mol. The van der Waals surface area contributed by atoms with Crippen LogP contribution >= 0.6 is 23.4 Å². The van der Waals surface area contributed by atoms with Crippen LogP contribution in [0.4, 0.5) is 0 Å². The number of benzene rings is 2. The number of rotatable bonds is 6. The molecule has 3 aromatic rings. The lowest BCUT2D eigenvalue weighted by Crippen LogP contribution is -2.22. The van der Waals surface area contributed by atoms with E-state index in [0.717, 1.165) is 11.3 Å². The Morgan fingerprint density at radius 2 is 1.96 bits per heavy atom. The molecule has 1 heterocycles. The molecule has 1 aromatic heterocycles. The number of thioether (sulfide) groups is 1. The number of halogens is 1. The largest absolute Gasteiger partial charge is 0.550 e. The second-order valence-corrected chi connectivity index (χ2v) is 6.64. The minimum Gasteiger partial charge on any atom is -0.550 e. The predicted octanol–water partition coefficient (Wildman–Crippen LogP) is 2.53. The van der Waals surface area contributed by atoms with Gasteiger partial charge in [0.1, 0.15) is 5.75 Å². The third-order valence-electron chi connectivity index (χ3n) is 3.36. The number of phenolic OH excluding ortho intramolecular Hbond substituents is 1. The van der Waals surface area contributed by atoms with Crippen LogP contribution in [0.1, 0.15) is 6.42 Å². The lowest BCUT2D eigenvalue weighted by Gasteiger charge is -2.11. The number of hydrogen-bond donors (Lipinski definition) is 1. The van der Waals surface area contributed by atoms with E-state index in [4.69, 9.17) is 11.6 Å². The van der Waals surface area contributed by atoms with Crippen LogP contribution in [0.15, 0.2) is 53.7 Å². The second kappa shape index (κ2) is 7.58. The van der Waals surface area contributed by atoms with Gasteiger partial charge in [-0.3, -0.25) is 4.57 Å². The lowest BCUT2D eigenvalue weighted by atomic mass is 10.2. The topological polar surface area (TPSA) is 91.1 Å². The molecule has 25 heavy (non-hydrogen) atoms. The van der Waals surface area contributed by atoms with Gasteiger partial charge in [0.2, 0.25) is 0 Å². The minimum absolute atomic E-state index is 0.0817. The van der Waals surface area contributed by atoms with Gasteiger partial charge in [-0.1, -0.05) is 29.4 Å². The molecule has 0 spiro atoms. The Hall–Kier alpha value is -2.51. The molecule has 0 unspecified atom stereocenters. The summed E-state index contributed by atoms with van der Waals surface area (Å²) in [7, 11) is 0. The maximum Gasteiger partial charge on any atom is 0.196 e. The van der Waals surface area contributed by atoms with Gasteiger partial charge in [-0.25, -0.2) is 0 Å². The smallest absolute Gasteiger partial charge is 0.196 e. The molecule has 0 aliphatic rings. The summed E-state index contributed by atoms with van der Waals surface area (Å²) in [6.07, 6.45) is -0.0817. The maximum atomic E-state index is 10.6. The van der Waals surface area contributed by atoms with Gasteiger partial charge < -0.3 is 15.0 Å². The van der Waals surface area contributed by atoms with Gasteiger partial charge in [0.25, 0.3) is 0 Å². The zero-order valence-electron chi connectivity index (χ0n) is 12.9. The number of aliphatic carboxylic acids is 1. The van der Waals surface area contributed by atoms with Crippen molar-refractivity contribution in [3.8, 4) is 22.8 Å². The molecule has 0 aliphatic heterocycles. The van der Waals surface area contributed by atoms with Gasteiger partial charge in [-0.05, 0) is 48.9 Å². The van der Waals surface area contributed by atoms with Crippen molar-refractivity contribution in [3.05, 3.63) is 53.6 Å². The summed E-state index contributed by atoms with van der Waals surface area (Å²) >= 11 is 7.37. The molecular formula is C17H13ClN3O3S-. The number of carboxylic acid groups (broad SMARTS) is 1. The van der Waals surface area contributed by atoms with Crippen molar-refractivity contribution in [3.63, 3.8) is 0 Å². The fourth-order valence-electron chi connectivity index (χ4n) is 2.23. The van der Waals surface area contributed by atoms with Crippen molar-refractivity contribution in [2.24, 2.45) is 0 Å². The van der Waals surface area contributed by atoms with Gasteiger partial charge in [0, 0.05) is 22.3 Å². The standard InChI is InChI=1S/C17H14ClN3O3S/c18-12-2-1-3-13(10-12)21-16(11-4-6-14(22)7-5-11)19-20-17(21)25-9-8-15(23)24/h1-7,10,22H,8-9H2,(H,23,24)/p-1. The van der Waals surface area contributed by atoms with E-state index in [1.165, 1.54) is 11.8 Å². The van der Waals surface area contributed by atoms with Crippen LogP contribution in [0.3, 0.4) is 0 Å². The Bertz CT molecular complexity index is 896. The van der Waals surface area contributed by atoms with E-state index in [9.17, 15) is 15.0 Å². The van der Waals surface area contributed by atoms with Crippen molar-refractivity contribution < 1.29 is 15.0 Å². The van der Waals surface area contributed by atoms with Crippen LogP contribution in [0.5, 0.6) is 5.75 Å². The van der Waals surface area contributed by atoms with Gasteiger partial charge in [-0.15, -0.1) is 10.2 Å². The third-order valence-corrected chi connectivity index (χ3v) is 4.53. The van der Waals surface area contributed by atoms with Gasteiger partial charge in [0.05, 0.1) is 5.69 Å². The molecule has 0 radical (unpaired) electrons. The molecule has 0 bridgehead atoms. The number of phenols is 1. The number of carbonyl (C=O) groups is 1. The number of aromatic hydroxyl groups is 1. The van der Waals surface area contributed by atoms with E-state index >= 15 is 0 Å². The quantitative estimate of drug-likeness (QED) is 0.667. The van der Waals surface area contributed by atoms with Gasteiger partial charge in [0.15, 0.2) is 11.0 Å². The van der Waals surface area contributed by atoms with Crippen molar-refractivity contribution in [2.75, 3.05) is 5.75 Å². The molecule has 8 heteroatoms. The van der Waals surface area contributed by atoms with Crippen LogP contribution < -0.4 is 5.11 Å². The molecule has 6 nitrogen and oxygen atoms in total. The molecule has 3 rings (SSSR count). The fourth-order valence-corrected chi connectivity index (χ4v) is 3.29. The van der Waals surface area contributed by atoms with Crippen LogP contribution in [-0.4, -0.2) is 31.6 Å². The minimum atomic E-state index is -1.11. The zero-order chi connectivity index (χ0) is 17.8. The lowest BCUT2D eigenvalue weighted by molar-refractivity contribution is -0.305. The predicted molar refractivity (Wildman–Crippen MR) is 93.8 cm³/mol. The first-order chi connectivity index (χ1) is 12.0. The van der Waals surface area contributed by atoms with E-state index in [1.54, 1.807) is 41.0 Å². The van der Waals surface area contributed by atoms with E-state index < -0.39 is 5.97 Å². The highest BCUT2D eigenvalue weighted by Gasteiger charge is 2.16. The summed E-state index contributed by atoms with van der Waals surface area (Å²) in [5.41, 5.74) is 1.52. The van der Waals surface area contributed by atoms with E-state index in [-0.39, 0.29) is 12.2 Å². The molecule has 0 aliphatic carbocycles. The summed E-state index contributed by atoms with van der Waals surface area (Å²) < 4.78 is 1.80. The Balaban J connectivity index is 2.04. The first kappa shape index (κ1) is 17.3. The molecule has 1 N–H and O–H groups in total. The highest BCUT2D eigenvalue weighted by molar-refractivity contribution is 7.99. The van der Waals surface area contributed by atoms with E-state index in [1.807, 2.05) is 12.1 Å². The Morgan fingerprint density at radius 3 is 2.64 bits per heavy atom. The van der Waals surface area contributed by atoms with Crippen molar-refractivity contribution in [1.29, 1.82) is 0 Å². The Labute approximate surface area is 153 Å². The van der Waals surface area contributed by atoms with E-state index in [2.05, 4.69) is 10.2 Å². The molecular weight excluding hydrogens is 362 g/mol. The van der Waals surface area contributed by atoms with Crippen LogP contribution in [0.2, 0.25) is 5.02 Å². The zero-order valence-corrected chi connectivity index (χ0v) is 14.5. The SMILES string of the molecule is O=C([O-])CCSc1nnc(-c2ccc(O)cc2)n1-c1cccc(Cl)c1. The van der Waals surface area contributed by atoms with Gasteiger partial charge in [-0.2, -0.15) is 0 Å². The van der Waals surface area contributed by atoms with Crippen molar-refractivity contribution >= 4 is 29.3 Å². The third kappa shape index (κ3) is 4.12. The average Bonchev–Trinajstić information content (AvgIpc) is 2.99. The molecule has 128 valence electrons. The molecule has 0 saturated carbocycles. The normalized spacial score (nSPS) is 10.8. The van der Waals surface area contributed by atoms with Gasteiger partial charge >= 0.3 is 0 Å². The highest BCUT2D eigenvalue weighted by atomic mass is 35.5. The number of hydrogen-bond acceptors (Lipinski definition) is 6. The number of carbonyl (C=O) groups excluding carboxylic acids is 1. The molecule has 0 saturated heterocycles. The highest BCUT2D eigenvalue weighted by Crippen LogP contribution is 2.30. The number of nitrogens with zero attached hydrogens (tertiary/aromatic N) is 3. The number of aromatic nitrogens is 3. The molecule has 0 amide bonds. The van der Waals surface area contributed by atoms with Crippen molar-refractivity contribution in [2.45, 2.75) is 11.6 Å². The fraction of sp³-hybridized carbons (Fsp3) is 0.118. The summed E-state index contributed by atoms with van der Waals surface area (Å²) in [5, 5.41) is 29.6. The summed E-state index contributed by atoms with van der Waals surface area (Å²) in [5.74, 6) is -0.0733. The van der Waals surface area contributed by atoms with Crippen LogP contribution in [0.25, 0.3) is 17.1 Å². The first-order valence-corrected chi connectivity index (χ1v) is 8.74. The summed E-state index contributed by atoms with van der Waals surface area (Å²) in [6, 6.07) is 13.8. The molecule has 0 fully saturated rings. The van der Waals surface area contributed by atoms with Crippen LogP contribution in [0, 0.1) is 0 Å². The van der Waals surface area contributed by atoms with Crippen LogP contribution in [-0.2, 0) is 4.79 Å². The summed E-state index contributed by atoms with van der Waals surface area (Å²) in [6.45, 7) is 0.